The van der Waals surface area contributed by atoms with Crippen LogP contribution in [0.5, 0.6) is 17.4 Å². The molecule has 5 heteroatoms. The molecule has 7 rings (SSSR count). The van der Waals surface area contributed by atoms with Crippen molar-refractivity contribution in [3.05, 3.63) is 121 Å². The van der Waals surface area contributed by atoms with Gasteiger partial charge in [-0.05, 0) is 72.1 Å². The number of aromatic nitrogens is 3. The second-order valence-corrected chi connectivity index (χ2v) is 9.37. The van der Waals surface area contributed by atoms with Gasteiger partial charge in [0.15, 0.2) is 0 Å². The number of para-hydroxylation sites is 1. The first kappa shape index (κ1) is 22.1. The van der Waals surface area contributed by atoms with Crippen LogP contribution in [0.1, 0.15) is 5.56 Å². The number of hydrogen-bond donors (Lipinski definition) is 1. The van der Waals surface area contributed by atoms with Gasteiger partial charge < -0.3 is 9.84 Å². The summed E-state index contributed by atoms with van der Waals surface area (Å²) in [4.78, 5) is 9.33. The molecule has 3 heterocycles. The number of pyridine rings is 2. The molecule has 0 unspecified atom stereocenters. The van der Waals surface area contributed by atoms with Gasteiger partial charge in [-0.25, -0.2) is 9.97 Å². The quantitative estimate of drug-likeness (QED) is 0.268. The molecule has 4 aromatic carbocycles. The molecule has 182 valence electrons. The normalized spacial score (nSPS) is 11.4. The van der Waals surface area contributed by atoms with Crippen LogP contribution >= 0.6 is 0 Å². The van der Waals surface area contributed by atoms with Gasteiger partial charge in [-0.2, -0.15) is 0 Å². The first-order chi connectivity index (χ1) is 18.7. The topological polar surface area (TPSA) is 60.2 Å². The second kappa shape index (κ2) is 8.75. The molecule has 0 saturated carbocycles. The predicted molar refractivity (Wildman–Crippen MR) is 152 cm³/mol. The van der Waals surface area contributed by atoms with Crippen LogP contribution in [0, 0.1) is 6.92 Å². The van der Waals surface area contributed by atoms with Gasteiger partial charge in [0.1, 0.15) is 22.8 Å². The zero-order chi connectivity index (χ0) is 25.6. The molecule has 0 aliphatic carbocycles. The lowest BCUT2D eigenvalue weighted by molar-refractivity contribution is 0.460. The number of nitrogens with zero attached hydrogens (tertiary/aromatic N) is 3. The van der Waals surface area contributed by atoms with Crippen molar-refractivity contribution < 1.29 is 9.84 Å². The average molecular weight is 494 g/mol. The lowest BCUT2D eigenvalue weighted by atomic mass is 10.0. The summed E-state index contributed by atoms with van der Waals surface area (Å²) in [5.41, 5.74) is 5.80. The zero-order valence-electron chi connectivity index (χ0n) is 20.7. The minimum atomic E-state index is 0.117. The highest BCUT2D eigenvalue weighted by Gasteiger charge is 2.15. The maximum absolute atomic E-state index is 10.6. The number of rotatable bonds is 4. The molecule has 3 aromatic heterocycles. The molecule has 0 bridgehead atoms. The van der Waals surface area contributed by atoms with Gasteiger partial charge in [0.2, 0.25) is 5.88 Å². The van der Waals surface area contributed by atoms with Gasteiger partial charge in [-0.15, -0.1) is 0 Å². The molecular formula is C33H23N3O2. The van der Waals surface area contributed by atoms with Crippen molar-refractivity contribution in [1.82, 2.24) is 14.5 Å². The van der Waals surface area contributed by atoms with Gasteiger partial charge in [0.05, 0.1) is 11.0 Å². The minimum absolute atomic E-state index is 0.117. The number of phenols is 1. The maximum Gasteiger partial charge on any atom is 0.219 e. The van der Waals surface area contributed by atoms with Crippen LogP contribution in [0.15, 0.2) is 115 Å². The van der Waals surface area contributed by atoms with E-state index in [1.807, 2.05) is 79.0 Å². The van der Waals surface area contributed by atoms with Gasteiger partial charge in [0.25, 0.3) is 0 Å². The Labute approximate surface area is 219 Å². The molecule has 1 N–H and O–H groups in total. The lowest BCUT2D eigenvalue weighted by Crippen LogP contribution is -1.97. The van der Waals surface area contributed by atoms with Crippen molar-refractivity contribution in [3.63, 3.8) is 0 Å². The van der Waals surface area contributed by atoms with E-state index in [0.29, 0.717) is 17.1 Å². The summed E-state index contributed by atoms with van der Waals surface area (Å²) < 4.78 is 8.41. The first-order valence-electron chi connectivity index (χ1n) is 12.5. The molecule has 0 aliphatic heterocycles. The third-order valence-electron chi connectivity index (χ3n) is 6.89. The standard InChI is InChI=1S/C33H23N3O2/c1-21-17-18-34-31(19-21)36-28-10-6-5-9-25(28)26-12-11-23(20-29(26)36)38-32-16-14-27-24(22-7-3-2-4-8-22)13-15-30(37)33(27)35-32/h2-20,37H,1H3. The lowest BCUT2D eigenvalue weighted by Gasteiger charge is -2.11. The Morgan fingerprint density at radius 1 is 0.711 bits per heavy atom. The Balaban J connectivity index is 1.34. The molecule has 0 saturated heterocycles. The fourth-order valence-electron chi connectivity index (χ4n) is 5.14. The van der Waals surface area contributed by atoms with E-state index in [0.717, 1.165) is 49.7 Å². The molecule has 0 atom stereocenters. The second-order valence-electron chi connectivity index (χ2n) is 9.37. The highest BCUT2D eigenvalue weighted by Crippen LogP contribution is 2.37. The molecule has 0 fully saturated rings. The number of ether oxygens (including phenoxy) is 1. The summed E-state index contributed by atoms with van der Waals surface area (Å²) in [6, 6.07) is 35.9. The van der Waals surface area contributed by atoms with Crippen LogP contribution in [-0.4, -0.2) is 19.6 Å². The van der Waals surface area contributed by atoms with Crippen molar-refractivity contribution in [2.24, 2.45) is 0 Å². The van der Waals surface area contributed by atoms with Gasteiger partial charge >= 0.3 is 0 Å². The fraction of sp³-hybridized carbons (Fsp3) is 0.0303. The SMILES string of the molecule is Cc1ccnc(-n2c3ccccc3c3ccc(Oc4ccc5c(-c6ccccc6)ccc(O)c5n4)cc32)c1. The Hall–Kier alpha value is -5.16. The van der Waals surface area contributed by atoms with E-state index < -0.39 is 0 Å². The molecule has 0 spiro atoms. The zero-order valence-corrected chi connectivity index (χ0v) is 20.7. The molecule has 5 nitrogen and oxygen atoms in total. The Morgan fingerprint density at radius 2 is 1.50 bits per heavy atom. The number of benzene rings is 4. The highest BCUT2D eigenvalue weighted by molar-refractivity contribution is 6.09. The van der Waals surface area contributed by atoms with Crippen molar-refractivity contribution in [1.29, 1.82) is 0 Å². The van der Waals surface area contributed by atoms with Crippen molar-refractivity contribution >= 4 is 32.7 Å². The highest BCUT2D eigenvalue weighted by atomic mass is 16.5. The van der Waals surface area contributed by atoms with Crippen LogP contribution in [0.2, 0.25) is 0 Å². The number of aromatic hydroxyl groups is 1. The van der Waals surface area contributed by atoms with Crippen LogP contribution in [0.3, 0.4) is 0 Å². The molecule has 0 aliphatic rings. The molecule has 7 aromatic rings. The van der Waals surface area contributed by atoms with Gasteiger partial charge in [0, 0.05) is 34.5 Å². The van der Waals surface area contributed by atoms with Crippen LogP contribution in [-0.2, 0) is 0 Å². The van der Waals surface area contributed by atoms with Gasteiger partial charge in [-0.3, -0.25) is 4.57 Å². The van der Waals surface area contributed by atoms with E-state index in [4.69, 9.17) is 4.74 Å². The molecular weight excluding hydrogens is 470 g/mol. The number of phenolic OH excluding ortho intramolecular Hbond substituents is 1. The van der Waals surface area contributed by atoms with Crippen molar-refractivity contribution in [2.45, 2.75) is 6.92 Å². The summed E-state index contributed by atoms with van der Waals surface area (Å²) >= 11 is 0. The van der Waals surface area contributed by atoms with Crippen LogP contribution in [0.4, 0.5) is 0 Å². The van der Waals surface area contributed by atoms with E-state index in [1.165, 1.54) is 0 Å². The van der Waals surface area contributed by atoms with E-state index in [2.05, 4.69) is 51.8 Å². The summed E-state index contributed by atoms with van der Waals surface area (Å²) in [5, 5.41) is 13.7. The third kappa shape index (κ3) is 3.64. The van der Waals surface area contributed by atoms with Gasteiger partial charge in [-0.1, -0.05) is 48.5 Å². The van der Waals surface area contributed by atoms with E-state index in [-0.39, 0.29) is 5.75 Å². The van der Waals surface area contributed by atoms with E-state index in [1.54, 1.807) is 6.07 Å². The summed E-state index contributed by atoms with van der Waals surface area (Å²) in [6.07, 6.45) is 1.83. The largest absolute Gasteiger partial charge is 0.506 e. The van der Waals surface area contributed by atoms with Crippen molar-refractivity contribution in [3.8, 4) is 34.3 Å². The number of aryl methyl sites for hydroxylation is 1. The Bertz CT molecular complexity index is 1980. The monoisotopic (exact) mass is 493 g/mol. The van der Waals surface area contributed by atoms with Crippen molar-refractivity contribution in [2.75, 3.05) is 0 Å². The summed E-state index contributed by atoms with van der Waals surface area (Å²) in [6.45, 7) is 2.07. The number of fused-ring (bicyclic) bond motifs is 4. The maximum atomic E-state index is 10.6. The smallest absolute Gasteiger partial charge is 0.219 e. The number of hydrogen-bond acceptors (Lipinski definition) is 4. The molecule has 0 amide bonds. The first-order valence-corrected chi connectivity index (χ1v) is 12.5. The Morgan fingerprint density at radius 3 is 2.37 bits per heavy atom. The minimum Gasteiger partial charge on any atom is -0.506 e. The van der Waals surface area contributed by atoms with E-state index >= 15 is 0 Å². The fourth-order valence-corrected chi connectivity index (χ4v) is 5.14. The summed E-state index contributed by atoms with van der Waals surface area (Å²) in [5.74, 6) is 2.04. The summed E-state index contributed by atoms with van der Waals surface area (Å²) in [7, 11) is 0. The molecule has 0 radical (unpaired) electrons. The third-order valence-corrected chi connectivity index (χ3v) is 6.89. The Kier molecular flexibility index (Phi) is 5.08. The van der Waals surface area contributed by atoms with Crippen LogP contribution < -0.4 is 4.74 Å². The van der Waals surface area contributed by atoms with Crippen LogP contribution in [0.25, 0.3) is 49.7 Å². The molecule has 38 heavy (non-hydrogen) atoms. The predicted octanol–water partition coefficient (Wildman–Crippen LogP) is 8.20. The average Bonchev–Trinajstić information content (AvgIpc) is 3.28. The van der Waals surface area contributed by atoms with E-state index in [9.17, 15) is 5.11 Å².